The molecule has 2 rings (SSSR count). The Morgan fingerprint density at radius 3 is 2.86 bits per heavy atom. The van der Waals surface area contributed by atoms with Crippen molar-refractivity contribution in [1.29, 1.82) is 0 Å². The zero-order valence-electron chi connectivity index (χ0n) is 7.16. The number of benzene rings is 1. The van der Waals surface area contributed by atoms with Gasteiger partial charge in [0.2, 0.25) is 0 Å². The summed E-state index contributed by atoms with van der Waals surface area (Å²) in [5.74, 6) is -0.218. The Morgan fingerprint density at radius 2 is 2.21 bits per heavy atom. The molecule has 0 saturated carbocycles. The van der Waals surface area contributed by atoms with E-state index in [4.69, 9.17) is 5.73 Å². The summed E-state index contributed by atoms with van der Waals surface area (Å²) < 4.78 is 12.9. The molecule has 14 heavy (non-hydrogen) atoms. The van der Waals surface area contributed by atoms with Gasteiger partial charge in [0.05, 0.1) is 11.9 Å². The largest absolute Gasteiger partial charge is 0.507 e. The van der Waals surface area contributed by atoms with Crippen LogP contribution in [0.4, 0.5) is 10.3 Å². The fraction of sp³-hybridized carbons (Fsp3) is 0. The Hall–Kier alpha value is -2.04. The third-order valence-electron chi connectivity index (χ3n) is 1.84. The number of phenolic OH excluding ortho intramolecular Hbond substituents is 1. The maximum atomic E-state index is 12.9. The molecular weight excluding hydrogens is 185 g/mol. The number of anilines is 1. The van der Waals surface area contributed by atoms with Crippen LogP contribution in [0.1, 0.15) is 0 Å². The first-order valence-electron chi connectivity index (χ1n) is 3.96. The van der Waals surface area contributed by atoms with E-state index in [2.05, 4.69) is 9.97 Å². The van der Waals surface area contributed by atoms with Crippen LogP contribution in [-0.4, -0.2) is 15.1 Å². The molecule has 72 valence electrons. The van der Waals surface area contributed by atoms with Gasteiger partial charge in [-0.25, -0.2) is 9.37 Å². The molecule has 2 aromatic rings. The van der Waals surface area contributed by atoms with Crippen LogP contribution in [0.5, 0.6) is 5.75 Å². The van der Waals surface area contributed by atoms with Crippen molar-refractivity contribution in [3.05, 3.63) is 30.2 Å². The van der Waals surface area contributed by atoms with Crippen LogP contribution in [0, 0.1) is 5.82 Å². The highest BCUT2D eigenvalue weighted by Gasteiger charge is 2.07. The van der Waals surface area contributed by atoms with E-state index in [0.717, 1.165) is 0 Å². The van der Waals surface area contributed by atoms with Gasteiger partial charge >= 0.3 is 0 Å². The number of nitrogen functional groups attached to an aromatic ring is 1. The van der Waals surface area contributed by atoms with Gasteiger partial charge in [0.25, 0.3) is 0 Å². The molecule has 0 atom stereocenters. The number of hydrogen-bond acceptors (Lipinski definition) is 3. The minimum Gasteiger partial charge on any atom is -0.507 e. The van der Waals surface area contributed by atoms with Crippen molar-refractivity contribution in [3.63, 3.8) is 0 Å². The second-order valence-electron chi connectivity index (χ2n) is 2.84. The predicted octanol–water partition coefficient (Wildman–Crippen LogP) is 1.50. The molecule has 0 spiro atoms. The summed E-state index contributed by atoms with van der Waals surface area (Å²) in [7, 11) is 0. The third-order valence-corrected chi connectivity index (χ3v) is 1.84. The number of nitrogens with two attached hydrogens (primary N) is 1. The van der Waals surface area contributed by atoms with Gasteiger partial charge in [0.1, 0.15) is 11.6 Å². The Balaban J connectivity index is 2.55. The lowest BCUT2D eigenvalue weighted by molar-refractivity contribution is 0.475. The van der Waals surface area contributed by atoms with Crippen LogP contribution >= 0.6 is 0 Å². The lowest BCUT2D eigenvalue weighted by Crippen LogP contribution is -1.86. The van der Waals surface area contributed by atoms with Crippen LogP contribution < -0.4 is 5.73 Å². The molecule has 5 heteroatoms. The highest BCUT2D eigenvalue weighted by Crippen LogP contribution is 2.28. The first kappa shape index (κ1) is 8.55. The van der Waals surface area contributed by atoms with Gasteiger partial charge in [-0.1, -0.05) is 0 Å². The van der Waals surface area contributed by atoms with Crippen LogP contribution in [0.25, 0.3) is 11.3 Å². The standard InChI is InChI=1S/C9H8FN3O/c10-5-1-2-8(14)6(3-5)7-4-12-9(11)13-7/h1-4,14H,(H3,11,12,13). The molecule has 0 aliphatic heterocycles. The van der Waals surface area contributed by atoms with Crippen LogP contribution in [0.15, 0.2) is 24.4 Å². The summed E-state index contributed by atoms with van der Waals surface area (Å²) in [6.07, 6.45) is 1.43. The highest BCUT2D eigenvalue weighted by atomic mass is 19.1. The number of aromatic amines is 1. The van der Waals surface area contributed by atoms with E-state index in [1.807, 2.05) is 0 Å². The summed E-state index contributed by atoms with van der Waals surface area (Å²) in [4.78, 5) is 6.45. The number of aromatic nitrogens is 2. The molecule has 1 heterocycles. The average molecular weight is 193 g/mol. The normalized spacial score (nSPS) is 10.4. The zero-order chi connectivity index (χ0) is 10.1. The van der Waals surface area contributed by atoms with E-state index in [-0.39, 0.29) is 11.7 Å². The quantitative estimate of drug-likeness (QED) is 0.642. The number of nitrogens with one attached hydrogen (secondary N) is 1. The first-order chi connectivity index (χ1) is 6.66. The van der Waals surface area contributed by atoms with E-state index < -0.39 is 5.82 Å². The van der Waals surface area contributed by atoms with E-state index in [1.54, 1.807) is 0 Å². The second kappa shape index (κ2) is 3.02. The summed E-state index contributed by atoms with van der Waals surface area (Å²) in [5, 5.41) is 9.44. The lowest BCUT2D eigenvalue weighted by Gasteiger charge is -2.00. The number of rotatable bonds is 1. The topological polar surface area (TPSA) is 74.9 Å². The van der Waals surface area contributed by atoms with Crippen molar-refractivity contribution in [2.45, 2.75) is 0 Å². The molecule has 0 radical (unpaired) electrons. The number of imidazole rings is 1. The van der Waals surface area contributed by atoms with Gasteiger partial charge in [-0.05, 0) is 18.2 Å². The Labute approximate surface area is 79.2 Å². The smallest absolute Gasteiger partial charge is 0.197 e. The van der Waals surface area contributed by atoms with Gasteiger partial charge in [-0.15, -0.1) is 0 Å². The molecule has 0 fully saturated rings. The van der Waals surface area contributed by atoms with Gasteiger partial charge in [0, 0.05) is 5.56 Å². The van der Waals surface area contributed by atoms with Crippen molar-refractivity contribution < 1.29 is 9.50 Å². The second-order valence-corrected chi connectivity index (χ2v) is 2.84. The molecule has 4 nitrogen and oxygen atoms in total. The molecule has 1 aromatic heterocycles. The van der Waals surface area contributed by atoms with Crippen LogP contribution in [-0.2, 0) is 0 Å². The zero-order valence-corrected chi connectivity index (χ0v) is 7.16. The molecule has 1 aromatic carbocycles. The predicted molar refractivity (Wildman–Crippen MR) is 50.1 cm³/mol. The van der Waals surface area contributed by atoms with E-state index in [0.29, 0.717) is 11.3 Å². The van der Waals surface area contributed by atoms with Gasteiger partial charge in [-0.3, -0.25) is 0 Å². The van der Waals surface area contributed by atoms with Gasteiger partial charge in [0.15, 0.2) is 5.95 Å². The number of hydrogen-bond donors (Lipinski definition) is 3. The summed E-state index contributed by atoms with van der Waals surface area (Å²) in [5.41, 5.74) is 6.19. The lowest BCUT2D eigenvalue weighted by atomic mass is 10.1. The SMILES string of the molecule is Nc1ncc(-c2cc(F)ccc2O)[nH]1. The van der Waals surface area contributed by atoms with Crippen molar-refractivity contribution in [3.8, 4) is 17.0 Å². The number of halogens is 1. The third kappa shape index (κ3) is 1.39. The number of nitrogens with zero attached hydrogens (tertiary/aromatic N) is 1. The van der Waals surface area contributed by atoms with Gasteiger partial charge in [-0.2, -0.15) is 0 Å². The molecular formula is C9H8FN3O. The van der Waals surface area contributed by atoms with Crippen LogP contribution in [0.2, 0.25) is 0 Å². The van der Waals surface area contributed by atoms with Crippen molar-refractivity contribution >= 4 is 5.95 Å². The molecule has 0 amide bonds. The molecule has 0 bridgehead atoms. The summed E-state index contributed by atoms with van der Waals surface area (Å²) >= 11 is 0. The minimum absolute atomic E-state index is 0.0185. The van der Waals surface area contributed by atoms with Gasteiger partial charge < -0.3 is 15.8 Å². The average Bonchev–Trinajstić information content (AvgIpc) is 2.56. The van der Waals surface area contributed by atoms with Crippen molar-refractivity contribution in [1.82, 2.24) is 9.97 Å². The maximum Gasteiger partial charge on any atom is 0.197 e. The summed E-state index contributed by atoms with van der Waals surface area (Å²) in [6.45, 7) is 0. The molecule has 0 unspecified atom stereocenters. The Kier molecular flexibility index (Phi) is 1.85. The highest BCUT2D eigenvalue weighted by molar-refractivity contribution is 5.67. The Morgan fingerprint density at radius 1 is 1.43 bits per heavy atom. The maximum absolute atomic E-state index is 12.9. The molecule has 4 N–H and O–H groups in total. The van der Waals surface area contributed by atoms with Crippen molar-refractivity contribution in [2.24, 2.45) is 0 Å². The van der Waals surface area contributed by atoms with E-state index in [9.17, 15) is 9.50 Å². The fourth-order valence-corrected chi connectivity index (χ4v) is 1.20. The van der Waals surface area contributed by atoms with E-state index in [1.165, 1.54) is 24.4 Å². The van der Waals surface area contributed by atoms with Crippen LogP contribution in [0.3, 0.4) is 0 Å². The molecule has 0 saturated heterocycles. The van der Waals surface area contributed by atoms with E-state index >= 15 is 0 Å². The number of aromatic hydroxyl groups is 1. The first-order valence-corrected chi connectivity index (χ1v) is 3.96. The number of H-pyrrole nitrogens is 1. The van der Waals surface area contributed by atoms with Crippen molar-refractivity contribution in [2.75, 3.05) is 5.73 Å². The molecule has 0 aliphatic rings. The monoisotopic (exact) mass is 193 g/mol. The Bertz CT molecular complexity index is 467. The fourth-order valence-electron chi connectivity index (χ4n) is 1.20. The molecule has 0 aliphatic carbocycles. The summed E-state index contributed by atoms with van der Waals surface area (Å²) in [6, 6.07) is 3.67. The number of phenols is 1. The minimum atomic E-state index is -0.425.